The molecule has 1 heterocycles. The van der Waals surface area contributed by atoms with Gasteiger partial charge in [0.1, 0.15) is 0 Å². The molecule has 2 aliphatic rings. The van der Waals surface area contributed by atoms with E-state index in [0.717, 1.165) is 5.92 Å². The molecule has 2 atom stereocenters. The van der Waals surface area contributed by atoms with Gasteiger partial charge in [-0.1, -0.05) is 24.3 Å². The Morgan fingerprint density at radius 1 is 1.25 bits per heavy atom. The zero-order valence-electron chi connectivity index (χ0n) is 12.9. The summed E-state index contributed by atoms with van der Waals surface area (Å²) in [6.45, 7) is 8.37. The summed E-state index contributed by atoms with van der Waals surface area (Å²) in [5.74, 6) is 0.839. The van der Waals surface area contributed by atoms with Crippen LogP contribution in [0.5, 0.6) is 0 Å². The van der Waals surface area contributed by atoms with Gasteiger partial charge in [0, 0.05) is 18.6 Å². The predicted octanol–water partition coefficient (Wildman–Crippen LogP) is 3.38. The molecule has 1 fully saturated rings. The lowest BCUT2D eigenvalue weighted by Gasteiger charge is -2.28. The summed E-state index contributed by atoms with van der Waals surface area (Å²) in [6.07, 6.45) is 5.26. The molecule has 1 aromatic carbocycles. The summed E-state index contributed by atoms with van der Waals surface area (Å²) in [7, 11) is 0. The highest BCUT2D eigenvalue weighted by Crippen LogP contribution is 2.30. The van der Waals surface area contributed by atoms with Gasteiger partial charge in [-0.2, -0.15) is 0 Å². The van der Waals surface area contributed by atoms with Crippen LogP contribution in [0.3, 0.4) is 0 Å². The lowest BCUT2D eigenvalue weighted by atomic mass is 9.87. The van der Waals surface area contributed by atoms with Gasteiger partial charge < -0.3 is 10.2 Å². The van der Waals surface area contributed by atoms with Crippen molar-refractivity contribution in [2.24, 2.45) is 5.92 Å². The molecule has 1 aliphatic carbocycles. The first-order valence-electron chi connectivity index (χ1n) is 8.29. The summed E-state index contributed by atoms with van der Waals surface area (Å²) in [6, 6.07) is 10.3. The van der Waals surface area contributed by atoms with Gasteiger partial charge in [0.05, 0.1) is 0 Å². The van der Waals surface area contributed by atoms with Gasteiger partial charge in [-0.15, -0.1) is 0 Å². The second-order valence-corrected chi connectivity index (χ2v) is 6.80. The third-order valence-corrected chi connectivity index (χ3v) is 5.07. The molecule has 2 heteroatoms. The van der Waals surface area contributed by atoms with Crippen LogP contribution in [0, 0.1) is 5.92 Å². The molecule has 110 valence electrons. The Kier molecular flexibility index (Phi) is 4.42. The first-order chi connectivity index (χ1) is 9.74. The van der Waals surface area contributed by atoms with Crippen LogP contribution in [0.25, 0.3) is 0 Å². The van der Waals surface area contributed by atoms with E-state index in [0.29, 0.717) is 12.1 Å². The molecule has 20 heavy (non-hydrogen) atoms. The zero-order chi connectivity index (χ0) is 13.9. The lowest BCUT2D eigenvalue weighted by molar-refractivity contribution is 0.262. The molecular weight excluding hydrogens is 244 g/mol. The monoisotopic (exact) mass is 272 g/mol. The van der Waals surface area contributed by atoms with E-state index in [1.165, 1.54) is 45.3 Å². The van der Waals surface area contributed by atoms with Crippen molar-refractivity contribution in [3.05, 3.63) is 35.4 Å². The highest BCUT2D eigenvalue weighted by atomic mass is 15.2. The van der Waals surface area contributed by atoms with Crippen LogP contribution in [-0.2, 0) is 6.42 Å². The molecule has 0 radical (unpaired) electrons. The Bertz CT molecular complexity index is 441. The highest BCUT2D eigenvalue weighted by molar-refractivity contribution is 5.32. The molecule has 3 rings (SSSR count). The van der Waals surface area contributed by atoms with Gasteiger partial charge in [-0.3, -0.25) is 0 Å². The van der Waals surface area contributed by atoms with Crippen molar-refractivity contribution in [3.63, 3.8) is 0 Å². The van der Waals surface area contributed by atoms with E-state index in [2.05, 4.69) is 48.3 Å². The molecular formula is C18H28N2. The Labute approximate surface area is 123 Å². The average Bonchev–Trinajstić information content (AvgIpc) is 2.94. The van der Waals surface area contributed by atoms with E-state index in [4.69, 9.17) is 0 Å². The number of benzene rings is 1. The van der Waals surface area contributed by atoms with E-state index in [1.54, 1.807) is 11.1 Å². The molecule has 0 amide bonds. The number of nitrogens with zero attached hydrogens (tertiary/aromatic N) is 1. The summed E-state index contributed by atoms with van der Waals surface area (Å²) in [4.78, 5) is 2.61. The van der Waals surface area contributed by atoms with Gasteiger partial charge in [0.25, 0.3) is 0 Å². The molecule has 0 spiro atoms. The first-order valence-corrected chi connectivity index (χ1v) is 8.29. The van der Waals surface area contributed by atoms with Crippen LogP contribution in [0.1, 0.15) is 50.3 Å². The molecule has 1 aliphatic heterocycles. The molecule has 2 unspecified atom stereocenters. The second kappa shape index (κ2) is 6.28. The van der Waals surface area contributed by atoms with Crippen molar-refractivity contribution >= 4 is 0 Å². The van der Waals surface area contributed by atoms with Crippen LogP contribution in [0.4, 0.5) is 0 Å². The van der Waals surface area contributed by atoms with Crippen molar-refractivity contribution in [3.8, 4) is 0 Å². The molecule has 0 aromatic heterocycles. The quantitative estimate of drug-likeness (QED) is 0.904. The fourth-order valence-electron chi connectivity index (χ4n) is 3.77. The van der Waals surface area contributed by atoms with E-state index in [-0.39, 0.29) is 0 Å². The summed E-state index contributed by atoms with van der Waals surface area (Å²) in [5.41, 5.74) is 3.11. The van der Waals surface area contributed by atoms with Gasteiger partial charge in [0.15, 0.2) is 0 Å². The summed E-state index contributed by atoms with van der Waals surface area (Å²) in [5, 5.41) is 3.85. The Hall–Kier alpha value is -0.860. The molecule has 1 aromatic rings. The molecule has 1 saturated heterocycles. The molecule has 2 nitrogen and oxygen atoms in total. The maximum atomic E-state index is 3.85. The Morgan fingerprint density at radius 3 is 2.90 bits per heavy atom. The van der Waals surface area contributed by atoms with Gasteiger partial charge in [-0.05, 0) is 69.7 Å². The normalized spacial score (nSPS) is 26.9. The van der Waals surface area contributed by atoms with Crippen molar-refractivity contribution in [2.75, 3.05) is 19.6 Å². The summed E-state index contributed by atoms with van der Waals surface area (Å²) < 4.78 is 0. The Morgan fingerprint density at radius 2 is 2.10 bits per heavy atom. The minimum absolute atomic E-state index is 0.591. The average molecular weight is 272 g/mol. The van der Waals surface area contributed by atoms with E-state index < -0.39 is 0 Å². The number of rotatable bonds is 4. The van der Waals surface area contributed by atoms with E-state index in [1.807, 2.05) is 0 Å². The first kappa shape index (κ1) is 14.1. The maximum absolute atomic E-state index is 3.85. The number of aryl methyl sites for hydroxylation is 1. The maximum Gasteiger partial charge on any atom is 0.0323 e. The topological polar surface area (TPSA) is 15.3 Å². The van der Waals surface area contributed by atoms with Gasteiger partial charge in [0.2, 0.25) is 0 Å². The predicted molar refractivity (Wildman–Crippen MR) is 84.9 cm³/mol. The van der Waals surface area contributed by atoms with Gasteiger partial charge >= 0.3 is 0 Å². The number of hydrogen-bond donors (Lipinski definition) is 1. The Balaban J connectivity index is 1.55. The number of likely N-dealkylation sites (tertiary alicyclic amines) is 1. The lowest BCUT2D eigenvalue weighted by Crippen LogP contribution is -2.33. The van der Waals surface area contributed by atoms with Crippen LogP contribution in [0.2, 0.25) is 0 Å². The van der Waals surface area contributed by atoms with Crippen molar-refractivity contribution < 1.29 is 0 Å². The van der Waals surface area contributed by atoms with E-state index >= 15 is 0 Å². The van der Waals surface area contributed by atoms with E-state index in [9.17, 15) is 0 Å². The second-order valence-electron chi connectivity index (χ2n) is 6.80. The third kappa shape index (κ3) is 3.07. The minimum Gasteiger partial charge on any atom is -0.310 e. The standard InChI is InChI=1S/C18H28N2/c1-14(2)20-11-10-15(13-20)12-19-18-9-5-7-16-6-3-4-8-17(16)18/h3-4,6,8,14-15,18-19H,5,7,9-13H2,1-2H3. The highest BCUT2D eigenvalue weighted by Gasteiger charge is 2.26. The largest absolute Gasteiger partial charge is 0.310 e. The van der Waals surface area contributed by atoms with Crippen molar-refractivity contribution in [2.45, 2.75) is 51.6 Å². The molecule has 0 bridgehead atoms. The fraction of sp³-hybridized carbons (Fsp3) is 0.667. The van der Waals surface area contributed by atoms with Gasteiger partial charge in [-0.25, -0.2) is 0 Å². The number of hydrogen-bond acceptors (Lipinski definition) is 2. The smallest absolute Gasteiger partial charge is 0.0323 e. The SMILES string of the molecule is CC(C)N1CCC(CNC2CCCc3ccccc32)C1. The fourth-order valence-corrected chi connectivity index (χ4v) is 3.77. The third-order valence-electron chi connectivity index (χ3n) is 5.07. The van der Waals surface area contributed by atoms with Crippen molar-refractivity contribution in [1.29, 1.82) is 0 Å². The molecule has 0 saturated carbocycles. The summed E-state index contributed by atoms with van der Waals surface area (Å²) >= 11 is 0. The number of nitrogens with one attached hydrogen (secondary N) is 1. The molecule has 1 N–H and O–H groups in total. The van der Waals surface area contributed by atoms with Crippen LogP contribution in [-0.4, -0.2) is 30.6 Å². The van der Waals surface area contributed by atoms with Crippen LogP contribution in [0.15, 0.2) is 24.3 Å². The van der Waals surface area contributed by atoms with Crippen LogP contribution < -0.4 is 5.32 Å². The number of fused-ring (bicyclic) bond motifs is 1. The van der Waals surface area contributed by atoms with Crippen molar-refractivity contribution in [1.82, 2.24) is 10.2 Å². The zero-order valence-corrected chi connectivity index (χ0v) is 12.9. The minimum atomic E-state index is 0.591. The van der Waals surface area contributed by atoms with Crippen LogP contribution >= 0.6 is 0 Å².